The van der Waals surface area contributed by atoms with Crippen LogP contribution in [0.2, 0.25) is 0 Å². The van der Waals surface area contributed by atoms with Gasteiger partial charge in [-0.25, -0.2) is 8.42 Å². The van der Waals surface area contributed by atoms with Crippen molar-refractivity contribution < 1.29 is 18.3 Å². The highest BCUT2D eigenvalue weighted by Crippen LogP contribution is 2.25. The summed E-state index contributed by atoms with van der Waals surface area (Å²) in [7, 11) is -4.01. The maximum atomic E-state index is 12.2. The summed E-state index contributed by atoms with van der Waals surface area (Å²) in [5.74, 6) is 0. The van der Waals surface area contributed by atoms with E-state index in [0.717, 1.165) is 30.3 Å². The molecular weight excluding hydrogens is 326 g/mol. The van der Waals surface area contributed by atoms with Crippen LogP contribution in [0.4, 0.5) is 17.1 Å². The molecule has 0 spiro atoms. The molecule has 0 unspecified atom stereocenters. The lowest BCUT2D eigenvalue weighted by Crippen LogP contribution is -2.13. The minimum atomic E-state index is -4.01. The van der Waals surface area contributed by atoms with Gasteiger partial charge in [-0.2, -0.15) is 0 Å². The molecule has 0 amide bonds. The van der Waals surface area contributed by atoms with E-state index >= 15 is 0 Å². The van der Waals surface area contributed by atoms with E-state index in [0.29, 0.717) is 5.56 Å². The van der Waals surface area contributed by atoms with Crippen LogP contribution in [-0.2, 0) is 10.0 Å². The van der Waals surface area contributed by atoms with E-state index in [2.05, 4.69) is 4.72 Å². The first-order chi connectivity index (χ1) is 10.7. The van der Waals surface area contributed by atoms with E-state index < -0.39 is 19.9 Å². The molecular formula is C13H11N3O6S. The van der Waals surface area contributed by atoms with Gasteiger partial charge in [0.15, 0.2) is 0 Å². The minimum absolute atomic E-state index is 0.0284. The Morgan fingerprint density at radius 1 is 0.957 bits per heavy atom. The van der Waals surface area contributed by atoms with Gasteiger partial charge in [0.1, 0.15) is 0 Å². The van der Waals surface area contributed by atoms with Gasteiger partial charge in [0.05, 0.1) is 20.4 Å². The zero-order chi connectivity index (χ0) is 17.2. The van der Waals surface area contributed by atoms with Crippen molar-refractivity contribution in [1.29, 1.82) is 0 Å². The summed E-state index contributed by atoms with van der Waals surface area (Å²) in [6.45, 7) is 1.53. The van der Waals surface area contributed by atoms with Gasteiger partial charge in [-0.15, -0.1) is 0 Å². The largest absolute Gasteiger partial charge is 0.279 e. The molecule has 0 radical (unpaired) electrons. The number of nitrogens with one attached hydrogen (secondary N) is 1. The Balaban J connectivity index is 2.33. The Kier molecular flexibility index (Phi) is 4.27. The number of non-ortho nitro benzene ring substituents is 1. The fourth-order valence-electron chi connectivity index (χ4n) is 1.83. The minimum Gasteiger partial charge on any atom is -0.279 e. The second kappa shape index (κ2) is 6.01. The van der Waals surface area contributed by atoms with Gasteiger partial charge in [-0.05, 0) is 25.1 Å². The van der Waals surface area contributed by atoms with Gasteiger partial charge < -0.3 is 0 Å². The Morgan fingerprint density at radius 2 is 1.57 bits per heavy atom. The van der Waals surface area contributed by atoms with Crippen molar-refractivity contribution in [2.75, 3.05) is 4.72 Å². The molecule has 1 N–H and O–H groups in total. The third-order valence-corrected chi connectivity index (χ3v) is 4.41. The van der Waals surface area contributed by atoms with E-state index in [-0.39, 0.29) is 22.0 Å². The number of nitrogens with zero attached hydrogens (tertiary/aromatic N) is 2. The van der Waals surface area contributed by atoms with Gasteiger partial charge in [-0.1, -0.05) is 6.07 Å². The molecule has 2 aromatic rings. The standard InChI is InChI=1S/C13H11N3O6S/c1-9-2-3-10(8-13(9)16(19)20)14-23(21,22)12-6-4-11(5-7-12)15(17)18/h2-8,14H,1H3. The SMILES string of the molecule is Cc1ccc(NS(=O)(=O)c2ccc([N+](=O)[O-])cc2)cc1[N+](=O)[O-]. The molecule has 2 aromatic carbocycles. The molecule has 0 aromatic heterocycles. The van der Waals surface area contributed by atoms with Crippen LogP contribution in [-0.4, -0.2) is 18.3 Å². The fraction of sp³-hybridized carbons (Fsp3) is 0.0769. The lowest BCUT2D eigenvalue weighted by Gasteiger charge is -2.08. The highest BCUT2D eigenvalue weighted by Gasteiger charge is 2.18. The van der Waals surface area contributed by atoms with Crippen molar-refractivity contribution in [3.63, 3.8) is 0 Å². The van der Waals surface area contributed by atoms with Gasteiger partial charge in [0.2, 0.25) is 0 Å². The number of nitro groups is 2. The smallest absolute Gasteiger partial charge is 0.274 e. The molecule has 0 heterocycles. The van der Waals surface area contributed by atoms with Crippen molar-refractivity contribution in [3.05, 3.63) is 68.3 Å². The summed E-state index contributed by atoms with van der Waals surface area (Å²) in [6, 6.07) is 8.22. The fourth-order valence-corrected chi connectivity index (χ4v) is 2.88. The normalized spacial score (nSPS) is 11.0. The van der Waals surface area contributed by atoms with Crippen molar-refractivity contribution >= 4 is 27.1 Å². The first-order valence-corrected chi connectivity index (χ1v) is 7.71. The van der Waals surface area contributed by atoms with E-state index in [1.807, 2.05) is 0 Å². The maximum absolute atomic E-state index is 12.2. The Bertz CT molecular complexity index is 877. The van der Waals surface area contributed by atoms with Crippen LogP contribution in [0.3, 0.4) is 0 Å². The number of nitro benzene ring substituents is 2. The molecule has 23 heavy (non-hydrogen) atoms. The zero-order valence-corrected chi connectivity index (χ0v) is 12.6. The highest BCUT2D eigenvalue weighted by molar-refractivity contribution is 7.92. The van der Waals surface area contributed by atoms with Crippen LogP contribution < -0.4 is 4.72 Å². The quantitative estimate of drug-likeness (QED) is 0.658. The molecule has 9 nitrogen and oxygen atoms in total. The molecule has 0 saturated carbocycles. The van der Waals surface area contributed by atoms with Crippen LogP contribution in [0.1, 0.15) is 5.56 Å². The molecule has 0 aliphatic carbocycles. The van der Waals surface area contributed by atoms with Crippen LogP contribution in [0.15, 0.2) is 47.4 Å². The first kappa shape index (κ1) is 16.4. The van der Waals surface area contributed by atoms with E-state index in [1.54, 1.807) is 0 Å². The Hall–Kier alpha value is -3.01. The molecule has 120 valence electrons. The number of hydrogen-bond acceptors (Lipinski definition) is 6. The third kappa shape index (κ3) is 3.61. The maximum Gasteiger partial charge on any atom is 0.274 e. The predicted octanol–water partition coefficient (Wildman–Crippen LogP) is 2.61. The van der Waals surface area contributed by atoms with E-state index in [9.17, 15) is 28.6 Å². The zero-order valence-electron chi connectivity index (χ0n) is 11.8. The summed E-state index contributed by atoms with van der Waals surface area (Å²) in [5, 5.41) is 21.4. The van der Waals surface area contributed by atoms with E-state index in [1.165, 1.54) is 19.1 Å². The Labute approximate surface area is 130 Å². The van der Waals surface area contributed by atoms with Crippen molar-refractivity contribution in [2.24, 2.45) is 0 Å². The average molecular weight is 337 g/mol. The van der Waals surface area contributed by atoms with E-state index in [4.69, 9.17) is 0 Å². The molecule has 0 atom stereocenters. The van der Waals surface area contributed by atoms with Gasteiger partial charge in [-0.3, -0.25) is 25.0 Å². The Morgan fingerprint density at radius 3 is 2.09 bits per heavy atom. The molecule has 0 fully saturated rings. The van der Waals surface area contributed by atoms with Crippen LogP contribution in [0.5, 0.6) is 0 Å². The number of rotatable bonds is 5. The van der Waals surface area contributed by atoms with Crippen LogP contribution >= 0.6 is 0 Å². The highest BCUT2D eigenvalue weighted by atomic mass is 32.2. The molecule has 10 heteroatoms. The van der Waals surface area contributed by atoms with Crippen LogP contribution in [0, 0.1) is 27.2 Å². The lowest BCUT2D eigenvalue weighted by atomic mass is 10.2. The summed E-state index contributed by atoms with van der Waals surface area (Å²) >= 11 is 0. The monoisotopic (exact) mass is 337 g/mol. The first-order valence-electron chi connectivity index (χ1n) is 6.23. The van der Waals surface area contributed by atoms with Crippen molar-refractivity contribution in [2.45, 2.75) is 11.8 Å². The molecule has 2 rings (SSSR count). The topological polar surface area (TPSA) is 132 Å². The second-order valence-electron chi connectivity index (χ2n) is 4.61. The average Bonchev–Trinajstić information content (AvgIpc) is 2.48. The third-order valence-electron chi connectivity index (χ3n) is 3.02. The molecule has 0 aliphatic rings. The summed E-state index contributed by atoms with van der Waals surface area (Å²) in [6.07, 6.45) is 0. The number of anilines is 1. The van der Waals surface area contributed by atoms with Gasteiger partial charge >= 0.3 is 0 Å². The molecule has 0 saturated heterocycles. The molecule has 0 bridgehead atoms. The number of aryl methyl sites for hydroxylation is 1. The number of benzene rings is 2. The van der Waals surface area contributed by atoms with Gasteiger partial charge in [0, 0.05) is 23.8 Å². The van der Waals surface area contributed by atoms with Crippen molar-refractivity contribution in [1.82, 2.24) is 0 Å². The number of hydrogen-bond donors (Lipinski definition) is 1. The van der Waals surface area contributed by atoms with Crippen LogP contribution in [0.25, 0.3) is 0 Å². The predicted molar refractivity (Wildman–Crippen MR) is 81.7 cm³/mol. The van der Waals surface area contributed by atoms with Crippen molar-refractivity contribution in [3.8, 4) is 0 Å². The lowest BCUT2D eigenvalue weighted by molar-refractivity contribution is -0.385. The second-order valence-corrected chi connectivity index (χ2v) is 6.30. The summed E-state index contributed by atoms with van der Waals surface area (Å²) < 4.78 is 26.6. The number of sulfonamides is 1. The van der Waals surface area contributed by atoms with Gasteiger partial charge in [0.25, 0.3) is 21.4 Å². The summed E-state index contributed by atoms with van der Waals surface area (Å²) in [4.78, 5) is 20.0. The molecule has 0 aliphatic heterocycles. The summed E-state index contributed by atoms with van der Waals surface area (Å²) in [5.41, 5.74) is -0.0299.